The molecule has 0 fully saturated rings. The van der Waals surface area contributed by atoms with E-state index >= 15 is 0 Å². The monoisotopic (exact) mass is 410 g/mol. The molecule has 0 bridgehead atoms. The van der Waals surface area contributed by atoms with Gasteiger partial charge in [-0.25, -0.2) is 9.97 Å². The van der Waals surface area contributed by atoms with Crippen molar-refractivity contribution in [1.29, 1.82) is 0 Å². The quantitative estimate of drug-likeness (QED) is 0.444. The number of carbonyl (C=O) groups is 1. The van der Waals surface area contributed by atoms with E-state index < -0.39 is 10.8 Å². The largest absolute Gasteiger partial charge is 0.487 e. The van der Waals surface area contributed by atoms with E-state index in [1.807, 2.05) is 26.8 Å². The van der Waals surface area contributed by atoms with Crippen molar-refractivity contribution in [3.8, 4) is 28.4 Å². The van der Waals surface area contributed by atoms with Gasteiger partial charge in [0.25, 0.3) is 0 Å². The van der Waals surface area contributed by atoms with Gasteiger partial charge in [0, 0.05) is 36.1 Å². The zero-order valence-electron chi connectivity index (χ0n) is 17.0. The van der Waals surface area contributed by atoms with Gasteiger partial charge in [-0.3, -0.25) is 19.6 Å². The molecule has 30 heavy (non-hydrogen) atoms. The smallest absolute Gasteiger partial charge is 0.318 e. The van der Waals surface area contributed by atoms with Crippen molar-refractivity contribution < 1.29 is 14.5 Å². The van der Waals surface area contributed by atoms with Crippen LogP contribution in [0.4, 0.5) is 5.69 Å². The molecule has 0 atom stereocenters. The molecular weight excluding hydrogens is 388 g/mol. The lowest BCUT2D eigenvalue weighted by Crippen LogP contribution is -2.12. The average molecular weight is 410 g/mol. The number of hydrogen-bond donors (Lipinski definition) is 1. The maximum Gasteiger partial charge on any atom is 0.318 e. The fourth-order valence-corrected chi connectivity index (χ4v) is 3.05. The highest BCUT2D eigenvalue weighted by molar-refractivity contribution is 5.96. The first kappa shape index (κ1) is 20.9. The van der Waals surface area contributed by atoms with Crippen molar-refractivity contribution in [2.45, 2.75) is 33.7 Å². The minimum Gasteiger partial charge on any atom is -0.487 e. The lowest BCUT2D eigenvalue weighted by molar-refractivity contribution is -0.385. The average Bonchev–Trinajstić information content (AvgIpc) is 3.12. The van der Waals surface area contributed by atoms with Crippen molar-refractivity contribution in [3.05, 3.63) is 52.0 Å². The van der Waals surface area contributed by atoms with E-state index in [-0.39, 0.29) is 29.2 Å². The summed E-state index contributed by atoms with van der Waals surface area (Å²) >= 11 is 0. The molecule has 0 aliphatic heterocycles. The summed E-state index contributed by atoms with van der Waals surface area (Å²) < 4.78 is 7.30. The number of ether oxygens (including phenoxy) is 1. The summed E-state index contributed by atoms with van der Waals surface area (Å²) in [4.78, 5) is 31.7. The molecule has 1 aromatic carbocycles. The zero-order valence-corrected chi connectivity index (χ0v) is 17.0. The van der Waals surface area contributed by atoms with E-state index in [0.717, 1.165) is 11.4 Å². The first-order valence-corrected chi connectivity index (χ1v) is 9.48. The van der Waals surface area contributed by atoms with Gasteiger partial charge in [0.05, 0.1) is 22.8 Å². The van der Waals surface area contributed by atoms with E-state index in [4.69, 9.17) is 10.5 Å². The number of hydrogen-bond acceptors (Lipinski definition) is 7. The summed E-state index contributed by atoms with van der Waals surface area (Å²) in [6, 6.07) is 4.51. The van der Waals surface area contributed by atoms with Crippen LogP contribution >= 0.6 is 0 Å². The molecule has 2 heterocycles. The van der Waals surface area contributed by atoms with Crippen LogP contribution in [0.15, 0.2) is 30.6 Å². The Kier molecular flexibility index (Phi) is 6.05. The number of benzene rings is 1. The van der Waals surface area contributed by atoms with Crippen LogP contribution in [-0.2, 0) is 6.54 Å². The van der Waals surface area contributed by atoms with E-state index in [1.54, 1.807) is 4.68 Å². The van der Waals surface area contributed by atoms with Gasteiger partial charge in [-0.05, 0) is 32.4 Å². The molecule has 156 valence electrons. The third kappa shape index (κ3) is 4.12. The van der Waals surface area contributed by atoms with Crippen molar-refractivity contribution in [1.82, 2.24) is 19.7 Å². The molecule has 0 radical (unpaired) electrons. The Morgan fingerprint density at radius 2 is 1.93 bits per heavy atom. The second-order valence-corrected chi connectivity index (χ2v) is 6.62. The summed E-state index contributed by atoms with van der Waals surface area (Å²) in [6.07, 6.45) is 3.60. The molecule has 0 unspecified atom stereocenters. The standard InChI is InChI=1S/C20H22N6O4/c1-4-6-30-17-9-13(19(21)27)8-15(18(17)26(28)29)14-10-22-20(23-11-14)16-7-12(3)24-25(16)5-2/h7-11H,4-6H2,1-3H3,(H2,21,27). The molecule has 1 amide bonds. The van der Waals surface area contributed by atoms with Crippen LogP contribution in [0, 0.1) is 17.0 Å². The molecule has 0 aliphatic rings. The molecule has 2 N–H and O–H groups in total. The van der Waals surface area contributed by atoms with Crippen molar-refractivity contribution in [3.63, 3.8) is 0 Å². The van der Waals surface area contributed by atoms with Crippen LogP contribution in [0.1, 0.15) is 36.3 Å². The molecular formula is C20H22N6O4. The van der Waals surface area contributed by atoms with E-state index in [2.05, 4.69) is 15.1 Å². The number of aryl methyl sites for hydroxylation is 2. The molecule has 2 aromatic heterocycles. The highest BCUT2D eigenvalue weighted by Gasteiger charge is 2.26. The maximum absolute atomic E-state index is 11.8. The predicted molar refractivity (Wildman–Crippen MR) is 110 cm³/mol. The predicted octanol–water partition coefficient (Wildman–Crippen LogP) is 3.13. The Bertz CT molecular complexity index is 1090. The highest BCUT2D eigenvalue weighted by atomic mass is 16.6. The fourth-order valence-electron chi connectivity index (χ4n) is 3.05. The number of nitro groups is 1. The van der Waals surface area contributed by atoms with Crippen molar-refractivity contribution in [2.75, 3.05) is 6.61 Å². The first-order chi connectivity index (χ1) is 14.3. The Hall–Kier alpha value is -3.82. The number of primary amides is 1. The number of nitro benzene ring substituents is 1. The van der Waals surface area contributed by atoms with E-state index in [9.17, 15) is 14.9 Å². The summed E-state index contributed by atoms with van der Waals surface area (Å²) in [7, 11) is 0. The van der Waals surface area contributed by atoms with Crippen LogP contribution in [0.3, 0.4) is 0 Å². The van der Waals surface area contributed by atoms with Crippen LogP contribution < -0.4 is 10.5 Å². The molecule has 10 heteroatoms. The summed E-state index contributed by atoms with van der Waals surface area (Å²) in [5.74, 6) is -0.290. The van der Waals surface area contributed by atoms with Gasteiger partial charge in [0.2, 0.25) is 5.91 Å². The SMILES string of the molecule is CCCOc1cc(C(N)=O)cc(-c2cnc(-c3cc(C)nn3CC)nc2)c1[N+](=O)[O-]. The molecule has 0 aliphatic carbocycles. The Morgan fingerprint density at radius 1 is 1.23 bits per heavy atom. The molecule has 0 saturated carbocycles. The number of aromatic nitrogens is 4. The second-order valence-electron chi connectivity index (χ2n) is 6.62. The zero-order chi connectivity index (χ0) is 21.8. The van der Waals surface area contributed by atoms with Crippen LogP contribution in [0.5, 0.6) is 5.75 Å². The van der Waals surface area contributed by atoms with Crippen molar-refractivity contribution in [2.24, 2.45) is 5.73 Å². The van der Waals surface area contributed by atoms with Gasteiger partial charge in [-0.1, -0.05) is 6.92 Å². The summed E-state index contributed by atoms with van der Waals surface area (Å²) in [5, 5.41) is 16.2. The number of nitrogens with zero attached hydrogens (tertiary/aromatic N) is 5. The van der Waals surface area contributed by atoms with Gasteiger partial charge >= 0.3 is 5.69 Å². The molecule has 3 aromatic rings. The topological polar surface area (TPSA) is 139 Å². The second kappa shape index (κ2) is 8.68. The minimum absolute atomic E-state index is 0.0167. The van der Waals surface area contributed by atoms with Gasteiger partial charge in [-0.2, -0.15) is 5.10 Å². The number of amides is 1. The van der Waals surface area contributed by atoms with Crippen LogP contribution in [0.2, 0.25) is 0 Å². The normalized spacial score (nSPS) is 10.8. The number of rotatable bonds is 8. The first-order valence-electron chi connectivity index (χ1n) is 9.48. The Labute approximate surface area is 172 Å². The Morgan fingerprint density at radius 3 is 2.50 bits per heavy atom. The molecule has 0 saturated heterocycles. The third-order valence-corrected chi connectivity index (χ3v) is 4.40. The van der Waals surface area contributed by atoms with E-state index in [0.29, 0.717) is 24.4 Å². The highest BCUT2D eigenvalue weighted by Crippen LogP contribution is 2.39. The fraction of sp³-hybridized carbons (Fsp3) is 0.300. The van der Waals surface area contributed by atoms with E-state index in [1.165, 1.54) is 24.5 Å². The van der Waals surface area contributed by atoms with Crippen LogP contribution in [0.25, 0.3) is 22.6 Å². The van der Waals surface area contributed by atoms with Gasteiger partial charge in [-0.15, -0.1) is 0 Å². The van der Waals surface area contributed by atoms with Gasteiger partial charge in [0.1, 0.15) is 5.69 Å². The van der Waals surface area contributed by atoms with Gasteiger partial charge in [0.15, 0.2) is 11.6 Å². The molecule has 10 nitrogen and oxygen atoms in total. The van der Waals surface area contributed by atoms with Crippen LogP contribution in [-0.4, -0.2) is 37.2 Å². The maximum atomic E-state index is 11.8. The third-order valence-electron chi connectivity index (χ3n) is 4.40. The van der Waals surface area contributed by atoms with Gasteiger partial charge < -0.3 is 10.5 Å². The lowest BCUT2D eigenvalue weighted by Gasteiger charge is -2.11. The number of carbonyl (C=O) groups excluding carboxylic acids is 1. The summed E-state index contributed by atoms with van der Waals surface area (Å²) in [5.41, 5.74) is 7.36. The minimum atomic E-state index is -0.715. The Balaban J connectivity index is 2.12. The lowest BCUT2D eigenvalue weighted by atomic mass is 10.0. The molecule has 3 rings (SSSR count). The molecule has 0 spiro atoms. The summed E-state index contributed by atoms with van der Waals surface area (Å²) in [6.45, 7) is 6.62. The number of nitrogens with two attached hydrogens (primary N) is 1. The van der Waals surface area contributed by atoms with Crippen molar-refractivity contribution >= 4 is 11.6 Å².